The molecule has 2 rings (SSSR count). The second kappa shape index (κ2) is 2.23. The predicted molar refractivity (Wildman–Crippen MR) is 39.1 cm³/mol. The van der Waals surface area contributed by atoms with Crippen LogP contribution < -0.4 is 0 Å². The minimum Gasteiger partial charge on any atom is -0.292 e. The maximum absolute atomic E-state index is 11.1. The highest BCUT2D eigenvalue weighted by molar-refractivity contribution is 6.07. The first-order valence-electron chi connectivity index (χ1n) is 3.24. The van der Waals surface area contributed by atoms with Crippen molar-refractivity contribution in [1.82, 2.24) is 9.97 Å². The molecule has 1 aromatic heterocycles. The van der Waals surface area contributed by atoms with Crippen LogP contribution in [0.4, 0.5) is 5.82 Å². The lowest BCUT2D eigenvalue weighted by Gasteiger charge is -2.03. The minimum absolute atomic E-state index is 0.0110. The number of aliphatic imine (C=N–C) groups is 1. The Bertz CT molecular complexity index is 332. The summed E-state index contributed by atoms with van der Waals surface area (Å²) in [7, 11) is 0. The lowest BCUT2D eigenvalue weighted by atomic mass is 10.2. The molecule has 1 aromatic rings. The van der Waals surface area contributed by atoms with Gasteiger partial charge in [-0.15, -0.1) is 0 Å². The van der Waals surface area contributed by atoms with Crippen LogP contribution in [0.25, 0.3) is 0 Å². The molecule has 4 nitrogen and oxygen atoms in total. The third-order valence-electron chi connectivity index (χ3n) is 1.43. The van der Waals surface area contributed by atoms with Gasteiger partial charge in [-0.05, 0) is 0 Å². The van der Waals surface area contributed by atoms with E-state index < -0.39 is 0 Å². The summed E-state index contributed by atoms with van der Waals surface area (Å²) in [5.74, 6) is 0.423. The maximum Gasteiger partial charge on any atom is 0.190 e. The van der Waals surface area contributed by atoms with Gasteiger partial charge in [0.25, 0.3) is 0 Å². The molecule has 0 aromatic carbocycles. The molecule has 0 bridgehead atoms. The highest BCUT2D eigenvalue weighted by Gasteiger charge is 2.15. The lowest BCUT2D eigenvalue weighted by Crippen LogP contribution is -2.07. The topological polar surface area (TPSA) is 55.2 Å². The van der Waals surface area contributed by atoms with Crippen LogP contribution in [0.2, 0.25) is 0 Å². The Balaban J connectivity index is 2.63. The predicted octanol–water partition coefficient (Wildman–Crippen LogP) is 0.765. The van der Waals surface area contributed by atoms with Crippen molar-refractivity contribution in [2.24, 2.45) is 4.99 Å². The molecule has 54 valence electrons. The average Bonchev–Trinajstić information content (AvgIpc) is 2.06. The third-order valence-corrected chi connectivity index (χ3v) is 1.43. The Morgan fingerprint density at radius 1 is 1.27 bits per heavy atom. The molecule has 4 heteroatoms. The molecule has 0 amide bonds. The quantitative estimate of drug-likeness (QED) is 0.544. The van der Waals surface area contributed by atoms with Crippen molar-refractivity contribution >= 4 is 17.8 Å². The van der Waals surface area contributed by atoms with Gasteiger partial charge in [0.1, 0.15) is 0 Å². The number of carbonyl (C=O) groups is 1. The van der Waals surface area contributed by atoms with Crippen LogP contribution in [-0.2, 0) is 0 Å². The van der Waals surface area contributed by atoms with Gasteiger partial charge >= 0.3 is 0 Å². The second-order valence-electron chi connectivity index (χ2n) is 2.17. The summed E-state index contributed by atoms with van der Waals surface area (Å²) in [6.07, 6.45) is 4.91. The van der Waals surface area contributed by atoms with Crippen molar-refractivity contribution in [2.45, 2.75) is 6.42 Å². The van der Waals surface area contributed by atoms with Crippen molar-refractivity contribution in [3.8, 4) is 0 Å². The molecular formula is C7H5N3O. The van der Waals surface area contributed by atoms with Gasteiger partial charge in [-0.2, -0.15) is 0 Å². The molecule has 1 aliphatic heterocycles. The van der Waals surface area contributed by atoms with Crippen LogP contribution in [0.5, 0.6) is 0 Å². The fourth-order valence-corrected chi connectivity index (χ4v) is 0.934. The number of carbonyl (C=O) groups excluding carboxylic acids is 1. The van der Waals surface area contributed by atoms with E-state index in [1.54, 1.807) is 6.21 Å². The molecule has 0 unspecified atom stereocenters. The van der Waals surface area contributed by atoms with E-state index in [4.69, 9.17) is 0 Å². The minimum atomic E-state index is -0.0110. The van der Waals surface area contributed by atoms with Crippen molar-refractivity contribution in [2.75, 3.05) is 0 Å². The molecule has 1 aliphatic rings. The first-order chi connectivity index (χ1) is 5.38. The van der Waals surface area contributed by atoms with E-state index in [1.807, 2.05) is 0 Å². The number of Topliss-reactive ketones (excluding diaryl/α,β-unsaturated/α-hetero) is 1. The van der Waals surface area contributed by atoms with Gasteiger partial charge < -0.3 is 0 Å². The summed E-state index contributed by atoms with van der Waals surface area (Å²) >= 11 is 0. The number of nitrogens with zero attached hydrogens (tertiary/aromatic N) is 3. The molecule has 2 heterocycles. The van der Waals surface area contributed by atoms with E-state index in [0.717, 1.165) is 0 Å². The van der Waals surface area contributed by atoms with E-state index in [9.17, 15) is 4.79 Å². The van der Waals surface area contributed by atoms with Crippen LogP contribution in [0.15, 0.2) is 17.4 Å². The zero-order valence-corrected chi connectivity index (χ0v) is 5.69. The molecule has 0 atom stereocenters. The highest BCUT2D eigenvalue weighted by Crippen LogP contribution is 2.16. The van der Waals surface area contributed by atoms with Crippen molar-refractivity contribution in [1.29, 1.82) is 0 Å². The summed E-state index contributed by atoms with van der Waals surface area (Å²) in [5.41, 5.74) is 0.384. The summed E-state index contributed by atoms with van der Waals surface area (Å²) < 4.78 is 0. The fraction of sp³-hybridized carbons (Fsp3) is 0.143. The molecule has 0 aliphatic carbocycles. The van der Waals surface area contributed by atoms with Crippen molar-refractivity contribution in [3.05, 3.63) is 18.1 Å². The summed E-state index contributed by atoms with van der Waals surface area (Å²) in [6, 6.07) is 0. The normalized spacial score (nSPS) is 14.7. The zero-order chi connectivity index (χ0) is 7.68. The number of fused-ring (bicyclic) bond motifs is 1. The van der Waals surface area contributed by atoms with Crippen molar-refractivity contribution < 1.29 is 4.79 Å². The summed E-state index contributed by atoms with van der Waals surface area (Å²) in [6.45, 7) is 0. The zero-order valence-electron chi connectivity index (χ0n) is 5.69. The molecule has 0 saturated carbocycles. The van der Waals surface area contributed by atoms with Crippen LogP contribution in [0.3, 0.4) is 0 Å². The monoisotopic (exact) mass is 147 g/mol. The maximum atomic E-state index is 11.1. The molecule has 0 N–H and O–H groups in total. The average molecular weight is 147 g/mol. The van der Waals surface area contributed by atoms with Crippen LogP contribution in [-0.4, -0.2) is 22.0 Å². The molecule has 0 saturated heterocycles. The van der Waals surface area contributed by atoms with Gasteiger partial charge in [-0.25, -0.2) is 15.0 Å². The van der Waals surface area contributed by atoms with E-state index in [0.29, 0.717) is 17.9 Å². The summed E-state index contributed by atoms with van der Waals surface area (Å²) in [5, 5.41) is 0. The van der Waals surface area contributed by atoms with E-state index >= 15 is 0 Å². The van der Waals surface area contributed by atoms with Crippen LogP contribution in [0, 0.1) is 0 Å². The fourth-order valence-electron chi connectivity index (χ4n) is 0.934. The SMILES string of the molecule is O=C1CC=Nc2nccnc21. The van der Waals surface area contributed by atoms with E-state index in [2.05, 4.69) is 15.0 Å². The highest BCUT2D eigenvalue weighted by atomic mass is 16.1. The summed E-state index contributed by atoms with van der Waals surface area (Å²) in [4.78, 5) is 22.8. The molecular weight excluding hydrogens is 142 g/mol. The Labute approximate surface area is 63.0 Å². The Kier molecular flexibility index (Phi) is 1.25. The number of aromatic nitrogens is 2. The standard InChI is InChI=1S/C7H5N3O/c11-5-1-2-9-7-6(5)8-3-4-10-7/h2-4H,1H2. The second-order valence-corrected chi connectivity index (χ2v) is 2.17. The number of ketones is 1. The number of rotatable bonds is 0. The third kappa shape index (κ3) is 0.920. The largest absolute Gasteiger partial charge is 0.292 e. The number of hydrogen-bond acceptors (Lipinski definition) is 4. The van der Waals surface area contributed by atoms with Gasteiger partial charge in [0, 0.05) is 25.0 Å². The Morgan fingerprint density at radius 2 is 2.09 bits per heavy atom. The number of hydrogen-bond donors (Lipinski definition) is 0. The van der Waals surface area contributed by atoms with Crippen molar-refractivity contribution in [3.63, 3.8) is 0 Å². The first-order valence-corrected chi connectivity index (χ1v) is 3.24. The van der Waals surface area contributed by atoms with Gasteiger partial charge in [0.15, 0.2) is 17.3 Å². The molecule has 0 fully saturated rings. The lowest BCUT2D eigenvalue weighted by molar-refractivity contribution is 0.0996. The smallest absolute Gasteiger partial charge is 0.190 e. The first kappa shape index (κ1) is 6.15. The van der Waals surface area contributed by atoms with Gasteiger partial charge in [-0.1, -0.05) is 0 Å². The van der Waals surface area contributed by atoms with Gasteiger partial charge in [0.2, 0.25) is 0 Å². The van der Waals surface area contributed by atoms with Gasteiger partial charge in [0.05, 0.1) is 0 Å². The van der Waals surface area contributed by atoms with E-state index in [1.165, 1.54) is 12.4 Å². The Morgan fingerprint density at radius 3 is 2.91 bits per heavy atom. The van der Waals surface area contributed by atoms with E-state index in [-0.39, 0.29) is 5.78 Å². The van der Waals surface area contributed by atoms with Crippen LogP contribution in [0.1, 0.15) is 16.9 Å². The molecule has 0 radical (unpaired) electrons. The van der Waals surface area contributed by atoms with Gasteiger partial charge in [-0.3, -0.25) is 4.79 Å². The molecule has 11 heavy (non-hydrogen) atoms. The Hall–Kier alpha value is -1.58. The molecule has 0 spiro atoms. The van der Waals surface area contributed by atoms with Crippen LogP contribution >= 0.6 is 0 Å².